The third-order valence-corrected chi connectivity index (χ3v) is 1.90. The molecular formula is C9H13ClN6. The van der Waals surface area contributed by atoms with Gasteiger partial charge < -0.3 is 10.6 Å². The molecule has 0 bridgehead atoms. The molecule has 0 aliphatic rings. The molecule has 1 unspecified atom stereocenters. The zero-order valence-corrected chi connectivity index (χ0v) is 9.91. The fourth-order valence-electron chi connectivity index (χ4n) is 0.956. The smallest absolute Gasteiger partial charge is 0.228 e. The van der Waals surface area contributed by atoms with E-state index in [2.05, 4.69) is 31.7 Å². The van der Waals surface area contributed by atoms with Crippen molar-refractivity contribution < 1.29 is 0 Å². The van der Waals surface area contributed by atoms with E-state index in [1.54, 1.807) is 6.92 Å². The molecule has 7 heteroatoms. The first-order chi connectivity index (χ1) is 7.65. The Kier molecular flexibility index (Phi) is 4.73. The summed E-state index contributed by atoms with van der Waals surface area (Å²) in [7, 11) is 0. The first-order valence-corrected chi connectivity index (χ1v) is 5.32. The van der Waals surface area contributed by atoms with Crippen molar-refractivity contribution in [1.29, 1.82) is 5.26 Å². The molecule has 0 spiro atoms. The fraction of sp³-hybridized carbons (Fsp3) is 0.556. The van der Waals surface area contributed by atoms with Gasteiger partial charge in [-0.15, -0.1) is 0 Å². The quantitative estimate of drug-likeness (QED) is 0.812. The first kappa shape index (κ1) is 12.5. The van der Waals surface area contributed by atoms with Crippen molar-refractivity contribution in [2.75, 3.05) is 23.7 Å². The molecule has 0 saturated heterocycles. The average molecular weight is 241 g/mol. The molecular weight excluding hydrogens is 228 g/mol. The van der Waals surface area contributed by atoms with Crippen molar-refractivity contribution in [3.63, 3.8) is 0 Å². The molecule has 0 saturated carbocycles. The Morgan fingerprint density at radius 2 is 1.94 bits per heavy atom. The van der Waals surface area contributed by atoms with E-state index in [-0.39, 0.29) is 11.2 Å². The van der Waals surface area contributed by atoms with Crippen LogP contribution in [0.2, 0.25) is 5.28 Å². The summed E-state index contributed by atoms with van der Waals surface area (Å²) in [6.45, 7) is 4.92. The summed E-state index contributed by atoms with van der Waals surface area (Å²) in [4.78, 5) is 11.9. The SMILES string of the molecule is CCNc1nc(Cl)nc(NCC(C)C#N)n1. The highest BCUT2D eigenvalue weighted by molar-refractivity contribution is 6.28. The number of nitrogens with zero attached hydrogens (tertiary/aromatic N) is 4. The molecule has 0 amide bonds. The Bertz CT molecular complexity index is 388. The van der Waals surface area contributed by atoms with Gasteiger partial charge in [-0.1, -0.05) is 0 Å². The number of hydrogen-bond donors (Lipinski definition) is 2. The minimum absolute atomic E-state index is 0.113. The Morgan fingerprint density at radius 3 is 2.50 bits per heavy atom. The highest BCUT2D eigenvalue weighted by Crippen LogP contribution is 2.09. The molecule has 2 N–H and O–H groups in total. The maximum absolute atomic E-state index is 8.62. The fourth-order valence-corrected chi connectivity index (χ4v) is 1.12. The number of rotatable bonds is 5. The zero-order valence-electron chi connectivity index (χ0n) is 9.16. The zero-order chi connectivity index (χ0) is 12.0. The van der Waals surface area contributed by atoms with Crippen LogP contribution in [0, 0.1) is 17.2 Å². The number of nitrogens with one attached hydrogen (secondary N) is 2. The second-order valence-electron chi connectivity index (χ2n) is 3.19. The molecule has 16 heavy (non-hydrogen) atoms. The molecule has 1 atom stereocenters. The number of halogens is 1. The number of hydrogen-bond acceptors (Lipinski definition) is 6. The lowest BCUT2D eigenvalue weighted by Gasteiger charge is -2.07. The van der Waals surface area contributed by atoms with Gasteiger partial charge in [0.2, 0.25) is 17.2 Å². The van der Waals surface area contributed by atoms with Gasteiger partial charge in [-0.05, 0) is 25.4 Å². The van der Waals surface area contributed by atoms with Crippen LogP contribution in [0.3, 0.4) is 0 Å². The van der Waals surface area contributed by atoms with Gasteiger partial charge in [0, 0.05) is 13.1 Å². The Labute approximate surface area is 99.1 Å². The van der Waals surface area contributed by atoms with Crippen LogP contribution in [0.15, 0.2) is 0 Å². The lowest BCUT2D eigenvalue weighted by molar-refractivity contribution is 0.777. The molecule has 1 rings (SSSR count). The van der Waals surface area contributed by atoms with Crippen LogP contribution < -0.4 is 10.6 Å². The van der Waals surface area contributed by atoms with Gasteiger partial charge in [-0.3, -0.25) is 0 Å². The average Bonchev–Trinajstić information content (AvgIpc) is 2.25. The van der Waals surface area contributed by atoms with Gasteiger partial charge in [0.15, 0.2) is 0 Å². The van der Waals surface area contributed by atoms with Gasteiger partial charge in [0.25, 0.3) is 0 Å². The molecule has 0 aromatic carbocycles. The van der Waals surface area contributed by atoms with Gasteiger partial charge in [-0.2, -0.15) is 20.2 Å². The molecule has 6 nitrogen and oxygen atoms in total. The van der Waals surface area contributed by atoms with Crippen molar-refractivity contribution in [2.24, 2.45) is 5.92 Å². The predicted octanol–water partition coefficient (Wildman–Crippen LogP) is 1.53. The monoisotopic (exact) mass is 240 g/mol. The first-order valence-electron chi connectivity index (χ1n) is 4.94. The second-order valence-corrected chi connectivity index (χ2v) is 3.53. The van der Waals surface area contributed by atoms with E-state index in [9.17, 15) is 0 Å². The van der Waals surface area contributed by atoms with Crippen molar-refractivity contribution in [1.82, 2.24) is 15.0 Å². The van der Waals surface area contributed by atoms with Gasteiger partial charge in [0.05, 0.1) is 12.0 Å². The summed E-state index contributed by atoms with van der Waals surface area (Å²) < 4.78 is 0. The van der Waals surface area contributed by atoms with Crippen molar-refractivity contribution >= 4 is 23.5 Å². The van der Waals surface area contributed by atoms with E-state index in [1.165, 1.54) is 0 Å². The van der Waals surface area contributed by atoms with E-state index >= 15 is 0 Å². The van der Waals surface area contributed by atoms with Gasteiger partial charge in [-0.25, -0.2) is 0 Å². The summed E-state index contributed by atoms with van der Waals surface area (Å²) in [5.41, 5.74) is 0. The maximum atomic E-state index is 8.62. The van der Waals surface area contributed by atoms with Gasteiger partial charge in [0.1, 0.15) is 0 Å². The third kappa shape index (κ3) is 3.87. The maximum Gasteiger partial charge on any atom is 0.228 e. The van der Waals surface area contributed by atoms with Crippen LogP contribution in [-0.2, 0) is 0 Å². The van der Waals surface area contributed by atoms with Crippen molar-refractivity contribution in [3.8, 4) is 6.07 Å². The van der Waals surface area contributed by atoms with E-state index < -0.39 is 0 Å². The highest BCUT2D eigenvalue weighted by Gasteiger charge is 2.05. The summed E-state index contributed by atoms with van der Waals surface area (Å²) in [5, 5.41) is 14.6. The van der Waals surface area contributed by atoms with Crippen molar-refractivity contribution in [3.05, 3.63) is 5.28 Å². The molecule has 0 radical (unpaired) electrons. The molecule has 86 valence electrons. The Hall–Kier alpha value is -1.61. The molecule has 0 fully saturated rings. The minimum atomic E-state index is -0.113. The Morgan fingerprint density at radius 1 is 1.31 bits per heavy atom. The van der Waals surface area contributed by atoms with Crippen molar-refractivity contribution in [2.45, 2.75) is 13.8 Å². The van der Waals surface area contributed by atoms with E-state index in [0.29, 0.717) is 25.0 Å². The molecule has 0 aliphatic heterocycles. The van der Waals surface area contributed by atoms with E-state index in [4.69, 9.17) is 16.9 Å². The number of anilines is 2. The normalized spacial score (nSPS) is 11.6. The summed E-state index contributed by atoms with van der Waals surface area (Å²) in [5.74, 6) is 0.686. The lowest BCUT2D eigenvalue weighted by Crippen LogP contribution is -2.13. The number of nitriles is 1. The predicted molar refractivity (Wildman–Crippen MR) is 62.3 cm³/mol. The molecule has 1 aromatic rings. The van der Waals surface area contributed by atoms with Crippen LogP contribution in [0.5, 0.6) is 0 Å². The van der Waals surface area contributed by atoms with Crippen LogP contribution in [0.4, 0.5) is 11.9 Å². The minimum Gasteiger partial charge on any atom is -0.354 e. The standard InChI is InChI=1S/C9H13ClN6/c1-3-12-8-14-7(10)15-9(16-8)13-5-6(2)4-11/h6H,3,5H2,1-2H3,(H2,12,13,14,15,16). The Balaban J connectivity index is 2.69. The van der Waals surface area contributed by atoms with Crippen LogP contribution in [-0.4, -0.2) is 28.0 Å². The van der Waals surface area contributed by atoms with E-state index in [1.807, 2.05) is 6.92 Å². The summed E-state index contributed by atoms with van der Waals surface area (Å²) in [6, 6.07) is 2.11. The van der Waals surface area contributed by atoms with Crippen LogP contribution >= 0.6 is 11.6 Å². The van der Waals surface area contributed by atoms with Crippen LogP contribution in [0.1, 0.15) is 13.8 Å². The van der Waals surface area contributed by atoms with E-state index in [0.717, 1.165) is 0 Å². The third-order valence-electron chi connectivity index (χ3n) is 1.73. The highest BCUT2D eigenvalue weighted by atomic mass is 35.5. The second kappa shape index (κ2) is 6.08. The molecule has 1 heterocycles. The summed E-state index contributed by atoms with van der Waals surface area (Å²) in [6.07, 6.45) is 0. The molecule has 0 aliphatic carbocycles. The largest absolute Gasteiger partial charge is 0.354 e. The van der Waals surface area contributed by atoms with Gasteiger partial charge >= 0.3 is 0 Å². The number of aromatic nitrogens is 3. The lowest BCUT2D eigenvalue weighted by atomic mass is 10.2. The topological polar surface area (TPSA) is 86.5 Å². The summed E-state index contributed by atoms with van der Waals surface area (Å²) >= 11 is 5.73. The van der Waals surface area contributed by atoms with Crippen LogP contribution in [0.25, 0.3) is 0 Å². The molecule has 1 aromatic heterocycles.